The van der Waals surface area contributed by atoms with Crippen molar-refractivity contribution in [1.29, 1.82) is 0 Å². The molecule has 0 aliphatic carbocycles. The fraction of sp³-hybridized carbons (Fsp3) is 0.312. The number of nitrogens with two attached hydrogens (primary N) is 1. The molecule has 1 aromatic carbocycles. The van der Waals surface area contributed by atoms with Gasteiger partial charge in [-0.2, -0.15) is 0 Å². The molecule has 5 N–H and O–H groups in total. The van der Waals surface area contributed by atoms with Crippen LogP contribution >= 0.6 is 15.9 Å². The highest BCUT2D eigenvalue weighted by molar-refractivity contribution is 9.10. The number of primary amides is 1. The Morgan fingerprint density at radius 1 is 1.41 bits per heavy atom. The lowest BCUT2D eigenvalue weighted by Gasteiger charge is -2.38. The monoisotopic (exact) mass is 469 g/mol. The number of carbonyl (C=O) groups is 2. The summed E-state index contributed by atoms with van der Waals surface area (Å²) in [7, 11) is 0. The van der Waals surface area contributed by atoms with Gasteiger partial charge in [0.05, 0.1) is 10.2 Å². The predicted octanol–water partition coefficient (Wildman–Crippen LogP) is 0.774. The van der Waals surface area contributed by atoms with Crippen molar-refractivity contribution < 1.29 is 23.8 Å². The quantitative estimate of drug-likeness (QED) is 0.209. The van der Waals surface area contributed by atoms with Crippen molar-refractivity contribution in [3.8, 4) is 0 Å². The van der Waals surface area contributed by atoms with Gasteiger partial charge in [-0.15, -0.1) is 0 Å². The van der Waals surface area contributed by atoms with E-state index in [1.807, 2.05) is 5.48 Å². The van der Waals surface area contributed by atoms with Crippen molar-refractivity contribution in [3.63, 3.8) is 0 Å². The van der Waals surface area contributed by atoms with Gasteiger partial charge in [-0.3, -0.25) is 20.3 Å². The second kappa shape index (κ2) is 8.96. The van der Waals surface area contributed by atoms with E-state index in [1.54, 1.807) is 0 Å². The third-order valence-corrected chi connectivity index (χ3v) is 4.87. The number of nitrogens with one attached hydrogen (secondary N) is 2. The van der Waals surface area contributed by atoms with E-state index in [0.717, 1.165) is 0 Å². The summed E-state index contributed by atoms with van der Waals surface area (Å²) >= 11 is 3.07. The van der Waals surface area contributed by atoms with E-state index in [2.05, 4.69) is 36.6 Å². The molecule has 13 heteroatoms. The predicted molar refractivity (Wildman–Crippen MR) is 102 cm³/mol. The Morgan fingerprint density at radius 2 is 2.17 bits per heavy atom. The Kier molecular flexibility index (Phi) is 6.39. The molecule has 2 aromatic rings. The zero-order chi connectivity index (χ0) is 21.0. The Balaban J connectivity index is 1.58. The van der Waals surface area contributed by atoms with Crippen LogP contribution in [0.4, 0.5) is 15.9 Å². The summed E-state index contributed by atoms with van der Waals surface area (Å²) in [6.07, 6.45) is 0.693. The minimum absolute atomic E-state index is 0.0471. The maximum Gasteiger partial charge on any atom is 0.311 e. The Hall–Kier alpha value is -3.06. The normalized spacial score (nSPS) is 14.4. The van der Waals surface area contributed by atoms with Gasteiger partial charge in [0.1, 0.15) is 5.82 Å². The van der Waals surface area contributed by atoms with Gasteiger partial charge in [-0.1, -0.05) is 0 Å². The number of carbonyl (C=O) groups excluding carboxylic acids is 2. The number of amides is 2. The van der Waals surface area contributed by atoms with Crippen LogP contribution < -0.4 is 16.5 Å². The Bertz CT molecular complexity index is 945. The molecule has 0 unspecified atom stereocenters. The first kappa shape index (κ1) is 20.7. The molecule has 1 fully saturated rings. The molecule has 2 heterocycles. The molecule has 1 aliphatic rings. The van der Waals surface area contributed by atoms with Crippen LogP contribution in [0.2, 0.25) is 0 Å². The van der Waals surface area contributed by atoms with Crippen molar-refractivity contribution >= 4 is 45.1 Å². The zero-order valence-corrected chi connectivity index (χ0v) is 16.5. The minimum Gasteiger partial charge on any atom is -0.365 e. The minimum atomic E-state index is -0.962. The highest BCUT2D eigenvalue weighted by atomic mass is 79.9. The zero-order valence-electron chi connectivity index (χ0n) is 14.9. The summed E-state index contributed by atoms with van der Waals surface area (Å²) in [6.45, 7) is 1.39. The van der Waals surface area contributed by atoms with E-state index in [-0.39, 0.29) is 27.7 Å². The summed E-state index contributed by atoms with van der Waals surface area (Å²) in [4.78, 5) is 27.8. The van der Waals surface area contributed by atoms with E-state index < -0.39 is 17.6 Å². The number of anilines is 1. The molecule has 29 heavy (non-hydrogen) atoms. The second-order valence-corrected chi connectivity index (χ2v) is 7.14. The number of hydroxylamine groups is 1. The van der Waals surface area contributed by atoms with E-state index in [9.17, 15) is 19.2 Å². The van der Waals surface area contributed by atoms with Crippen LogP contribution in [0.1, 0.15) is 12.1 Å². The summed E-state index contributed by atoms with van der Waals surface area (Å²) in [6, 6.07) is 4.08. The topological polar surface area (TPSA) is 159 Å². The van der Waals surface area contributed by atoms with E-state index in [4.69, 9.17) is 10.4 Å². The summed E-state index contributed by atoms with van der Waals surface area (Å²) in [5.74, 6) is -1.67. The summed E-state index contributed by atoms with van der Waals surface area (Å²) in [5.41, 5.74) is 7.38. The summed E-state index contributed by atoms with van der Waals surface area (Å²) in [5, 5.41) is 19.9. The molecular weight excluding hydrogens is 453 g/mol. The third-order valence-electron chi connectivity index (χ3n) is 4.26. The van der Waals surface area contributed by atoms with Gasteiger partial charge in [0.25, 0.3) is 0 Å². The largest absolute Gasteiger partial charge is 0.365 e. The Morgan fingerprint density at radius 3 is 2.83 bits per heavy atom. The fourth-order valence-electron chi connectivity index (χ4n) is 2.74. The first-order valence-corrected chi connectivity index (χ1v) is 9.27. The first-order chi connectivity index (χ1) is 13.9. The van der Waals surface area contributed by atoms with Crippen molar-refractivity contribution in [3.05, 3.63) is 34.2 Å². The number of likely N-dealkylation sites (tertiary alicyclic amines) is 1. The van der Waals surface area contributed by atoms with Crippen molar-refractivity contribution in [2.45, 2.75) is 6.42 Å². The molecule has 0 bridgehead atoms. The van der Waals surface area contributed by atoms with Crippen molar-refractivity contribution in [1.82, 2.24) is 20.7 Å². The summed E-state index contributed by atoms with van der Waals surface area (Å²) < 4.78 is 18.3. The lowest BCUT2D eigenvalue weighted by Crippen LogP contribution is -2.54. The molecule has 0 atom stereocenters. The maximum absolute atomic E-state index is 13.3. The molecule has 3 rings (SSSR count). The number of nitrogens with zero attached hydrogens (tertiary/aromatic N) is 4. The molecule has 0 radical (unpaired) electrons. The van der Waals surface area contributed by atoms with Gasteiger partial charge in [0.2, 0.25) is 5.82 Å². The molecule has 2 amide bonds. The second-order valence-electron chi connectivity index (χ2n) is 6.29. The fourth-order valence-corrected chi connectivity index (χ4v) is 3.11. The van der Waals surface area contributed by atoms with Crippen LogP contribution in [-0.2, 0) is 9.59 Å². The van der Waals surface area contributed by atoms with Crippen molar-refractivity contribution in [2.24, 2.45) is 16.6 Å². The molecule has 1 saturated heterocycles. The SMILES string of the molecule is NC(=O)C(=O)N1CC(CCNc2nonc2C(=Nc2ccc(F)c(Br)c2)NO)C1. The Labute approximate surface area is 172 Å². The van der Waals surface area contributed by atoms with E-state index >= 15 is 0 Å². The van der Waals surface area contributed by atoms with Crippen LogP contribution in [-0.4, -0.2) is 57.7 Å². The van der Waals surface area contributed by atoms with Crippen LogP contribution in [0.25, 0.3) is 0 Å². The van der Waals surface area contributed by atoms with Gasteiger partial charge in [-0.25, -0.2) is 14.0 Å². The number of hydrogen-bond acceptors (Lipinski definition) is 8. The number of aromatic nitrogens is 2. The number of rotatable bonds is 6. The van der Waals surface area contributed by atoms with Crippen molar-refractivity contribution in [2.75, 3.05) is 25.0 Å². The first-order valence-electron chi connectivity index (χ1n) is 8.48. The molecule has 11 nitrogen and oxygen atoms in total. The van der Waals surface area contributed by atoms with Gasteiger partial charge in [-0.05, 0) is 56.8 Å². The van der Waals surface area contributed by atoms with Gasteiger partial charge < -0.3 is 16.0 Å². The molecule has 154 valence electrons. The number of benzene rings is 1. The van der Waals surface area contributed by atoms with Gasteiger partial charge in [0.15, 0.2) is 11.5 Å². The highest BCUT2D eigenvalue weighted by Gasteiger charge is 2.32. The van der Waals surface area contributed by atoms with Crippen LogP contribution in [0.5, 0.6) is 0 Å². The maximum atomic E-state index is 13.3. The standard InChI is InChI=1S/C16H17BrFN7O4/c17-10-5-9(1-2-11(10)18)21-15(22-28)12-14(24-29-23-12)20-4-3-8-6-25(7-8)16(27)13(19)26/h1-2,5,8,28H,3-4,6-7H2,(H2,19,26)(H,20,24)(H,21,22). The average Bonchev–Trinajstić information content (AvgIpc) is 3.12. The molecular formula is C16H17BrFN7O4. The number of hydrogen-bond donors (Lipinski definition) is 4. The number of halogens is 2. The molecule has 1 aromatic heterocycles. The average molecular weight is 470 g/mol. The van der Waals surface area contributed by atoms with E-state index in [0.29, 0.717) is 31.7 Å². The van der Waals surface area contributed by atoms with Gasteiger partial charge >= 0.3 is 11.8 Å². The van der Waals surface area contributed by atoms with Gasteiger partial charge in [0, 0.05) is 19.6 Å². The van der Waals surface area contributed by atoms with Crippen LogP contribution in [0.15, 0.2) is 32.3 Å². The molecule has 1 aliphatic heterocycles. The third kappa shape index (κ3) is 4.86. The smallest absolute Gasteiger partial charge is 0.311 e. The number of aliphatic imine (C=N–C) groups is 1. The number of amidine groups is 1. The lowest BCUT2D eigenvalue weighted by atomic mass is 9.96. The molecule has 0 saturated carbocycles. The van der Waals surface area contributed by atoms with Crippen LogP contribution in [0, 0.1) is 11.7 Å². The highest BCUT2D eigenvalue weighted by Crippen LogP contribution is 2.23. The van der Waals surface area contributed by atoms with E-state index in [1.165, 1.54) is 23.1 Å². The molecule has 0 spiro atoms. The lowest BCUT2D eigenvalue weighted by molar-refractivity contribution is -0.148. The van der Waals surface area contributed by atoms with Crippen LogP contribution in [0.3, 0.4) is 0 Å².